The van der Waals surface area contributed by atoms with Crippen molar-refractivity contribution >= 4 is 0 Å². The molecule has 0 bridgehead atoms. The summed E-state index contributed by atoms with van der Waals surface area (Å²) in [6.07, 6.45) is 2.12. The van der Waals surface area contributed by atoms with Gasteiger partial charge in [0.25, 0.3) is 0 Å². The first-order valence-corrected chi connectivity index (χ1v) is 2.79. The average molecular weight is 131 g/mol. The average Bonchev–Trinajstić information content (AvgIpc) is 1.85. The Labute approximate surface area is 54.7 Å². The molecule has 0 aromatic heterocycles. The second-order valence-electron chi connectivity index (χ2n) is 1.59. The van der Waals surface area contributed by atoms with Crippen LogP contribution in [0.3, 0.4) is 0 Å². The van der Waals surface area contributed by atoms with Crippen LogP contribution in [-0.2, 0) is 0 Å². The van der Waals surface area contributed by atoms with Crippen LogP contribution >= 0.6 is 0 Å². The Morgan fingerprint density at radius 3 is 2.89 bits per heavy atom. The van der Waals surface area contributed by atoms with Gasteiger partial charge in [0.2, 0.25) is 0 Å². The van der Waals surface area contributed by atoms with Gasteiger partial charge in [-0.3, -0.25) is 0 Å². The minimum Gasteiger partial charge on any atom is -0.401 e. The van der Waals surface area contributed by atoms with Gasteiger partial charge in [0.15, 0.2) is 0 Å². The Bertz CT molecular complexity index is 92.2. The molecular weight excluding hydrogens is 118 g/mol. The molecule has 0 saturated heterocycles. The number of hydrazine groups is 1. The lowest BCUT2D eigenvalue weighted by atomic mass is 10.4. The molecule has 9 heavy (non-hydrogen) atoms. The van der Waals surface area contributed by atoms with E-state index in [9.17, 15) is 0 Å². The zero-order valence-corrected chi connectivity index (χ0v) is 5.52. The predicted molar refractivity (Wildman–Crippen MR) is 36.2 cm³/mol. The molecule has 0 amide bonds. The van der Waals surface area contributed by atoms with Crippen molar-refractivity contribution in [2.45, 2.75) is 6.42 Å². The van der Waals surface area contributed by atoms with Gasteiger partial charge in [0.1, 0.15) is 0 Å². The highest BCUT2D eigenvalue weighted by atomic mass is 16.3. The van der Waals surface area contributed by atoms with Crippen LogP contribution in [0.25, 0.3) is 0 Å². The monoisotopic (exact) mass is 131 g/mol. The van der Waals surface area contributed by atoms with E-state index in [-0.39, 0.29) is 6.61 Å². The minimum atomic E-state index is 0.0910. The molecule has 0 aliphatic carbocycles. The third kappa shape index (κ3) is 5.13. The summed E-state index contributed by atoms with van der Waals surface area (Å²) in [6.45, 7) is 0.0910. The largest absolute Gasteiger partial charge is 0.401 e. The zero-order chi connectivity index (χ0) is 7.11. The molecule has 54 valence electrons. The van der Waals surface area contributed by atoms with Crippen LogP contribution in [-0.4, -0.2) is 18.8 Å². The van der Waals surface area contributed by atoms with Crippen molar-refractivity contribution in [3.63, 3.8) is 0 Å². The van der Waals surface area contributed by atoms with Gasteiger partial charge in [-0.15, -0.1) is 0 Å². The molecule has 4 nitrogen and oxygen atoms in total. The first-order chi connectivity index (χ1) is 4.31. The first-order valence-electron chi connectivity index (χ1n) is 2.79. The van der Waals surface area contributed by atoms with Crippen LogP contribution in [0.15, 0.2) is 11.9 Å². The summed E-state index contributed by atoms with van der Waals surface area (Å²) in [4.78, 5) is 0. The van der Waals surface area contributed by atoms with Crippen molar-refractivity contribution in [2.75, 3.05) is 13.7 Å². The molecular formula is C5H13N3O. The van der Waals surface area contributed by atoms with Gasteiger partial charge in [-0.2, -0.15) is 0 Å². The smallest absolute Gasteiger partial charge is 0.0486 e. The number of hydrogen-bond acceptors (Lipinski definition) is 4. The lowest BCUT2D eigenvalue weighted by Gasteiger charge is -1.98. The van der Waals surface area contributed by atoms with E-state index >= 15 is 0 Å². The van der Waals surface area contributed by atoms with Crippen molar-refractivity contribution in [2.24, 2.45) is 5.73 Å². The summed E-state index contributed by atoms with van der Waals surface area (Å²) in [5.74, 6) is 0. The maximum Gasteiger partial charge on any atom is 0.0486 e. The molecule has 0 fully saturated rings. The summed E-state index contributed by atoms with van der Waals surface area (Å²) in [6, 6.07) is 0. The standard InChI is InChI=1S/C5H13N3O/c1-7-8-4-5(6)2-3-9/h4,7-9H,2-3,6H2,1H3/b5-4-. The van der Waals surface area contributed by atoms with Crippen LogP contribution in [0.5, 0.6) is 0 Å². The molecule has 0 atom stereocenters. The van der Waals surface area contributed by atoms with Crippen molar-refractivity contribution in [3.8, 4) is 0 Å². The Hall–Kier alpha value is -0.740. The SMILES string of the molecule is CNN/C=C(\N)CCO. The lowest BCUT2D eigenvalue weighted by molar-refractivity contribution is 0.298. The fourth-order valence-corrected chi connectivity index (χ4v) is 0.366. The van der Waals surface area contributed by atoms with Gasteiger partial charge in [0.05, 0.1) is 0 Å². The Kier molecular flexibility index (Phi) is 4.95. The van der Waals surface area contributed by atoms with Crippen molar-refractivity contribution < 1.29 is 5.11 Å². The van der Waals surface area contributed by atoms with E-state index in [1.165, 1.54) is 0 Å². The zero-order valence-electron chi connectivity index (χ0n) is 5.52. The quantitative estimate of drug-likeness (QED) is 0.365. The predicted octanol–water partition coefficient (Wildman–Crippen LogP) is -1.11. The van der Waals surface area contributed by atoms with E-state index in [0.717, 1.165) is 0 Å². The van der Waals surface area contributed by atoms with E-state index < -0.39 is 0 Å². The summed E-state index contributed by atoms with van der Waals surface area (Å²) < 4.78 is 0. The molecule has 0 radical (unpaired) electrons. The first kappa shape index (κ1) is 8.26. The number of aliphatic hydroxyl groups is 1. The maximum absolute atomic E-state index is 8.37. The molecule has 0 heterocycles. The highest BCUT2D eigenvalue weighted by Gasteiger charge is 1.84. The molecule has 0 aromatic rings. The normalized spacial score (nSPS) is 11.6. The highest BCUT2D eigenvalue weighted by molar-refractivity contribution is 4.93. The van der Waals surface area contributed by atoms with Crippen LogP contribution in [0.1, 0.15) is 6.42 Å². The third-order valence-electron chi connectivity index (χ3n) is 0.802. The number of nitrogens with one attached hydrogen (secondary N) is 2. The summed E-state index contributed by atoms with van der Waals surface area (Å²) in [5, 5.41) is 8.37. The number of aliphatic hydroxyl groups excluding tert-OH is 1. The molecule has 0 aliphatic rings. The van der Waals surface area contributed by atoms with E-state index in [0.29, 0.717) is 12.1 Å². The molecule has 0 saturated carbocycles. The number of rotatable bonds is 4. The maximum atomic E-state index is 8.37. The molecule has 0 unspecified atom stereocenters. The van der Waals surface area contributed by atoms with Gasteiger partial charge in [-0.05, 0) is 0 Å². The van der Waals surface area contributed by atoms with Crippen molar-refractivity contribution in [1.29, 1.82) is 0 Å². The van der Waals surface area contributed by atoms with E-state index in [4.69, 9.17) is 10.8 Å². The third-order valence-corrected chi connectivity index (χ3v) is 0.802. The Morgan fingerprint density at radius 2 is 2.44 bits per heavy atom. The molecule has 0 aliphatic heterocycles. The summed E-state index contributed by atoms with van der Waals surface area (Å²) >= 11 is 0. The van der Waals surface area contributed by atoms with Gasteiger partial charge in [0, 0.05) is 32.0 Å². The van der Waals surface area contributed by atoms with Gasteiger partial charge in [-0.25, -0.2) is 5.43 Å². The van der Waals surface area contributed by atoms with E-state index in [2.05, 4.69) is 10.9 Å². The van der Waals surface area contributed by atoms with Gasteiger partial charge < -0.3 is 16.3 Å². The Balaban J connectivity index is 3.30. The van der Waals surface area contributed by atoms with Crippen LogP contribution < -0.4 is 16.6 Å². The molecule has 0 spiro atoms. The molecule has 0 rings (SSSR count). The fourth-order valence-electron chi connectivity index (χ4n) is 0.366. The lowest BCUT2D eigenvalue weighted by Crippen LogP contribution is -2.22. The second-order valence-corrected chi connectivity index (χ2v) is 1.59. The van der Waals surface area contributed by atoms with Crippen molar-refractivity contribution in [1.82, 2.24) is 10.9 Å². The minimum absolute atomic E-state index is 0.0910. The number of nitrogens with two attached hydrogens (primary N) is 1. The van der Waals surface area contributed by atoms with Gasteiger partial charge >= 0.3 is 0 Å². The topological polar surface area (TPSA) is 70.3 Å². The second kappa shape index (κ2) is 5.40. The summed E-state index contributed by atoms with van der Waals surface area (Å²) in [5.41, 5.74) is 11.4. The molecule has 0 aromatic carbocycles. The van der Waals surface area contributed by atoms with E-state index in [1.54, 1.807) is 13.2 Å². The fraction of sp³-hybridized carbons (Fsp3) is 0.600. The highest BCUT2D eigenvalue weighted by Crippen LogP contribution is 1.85. The molecule has 5 N–H and O–H groups in total. The number of hydrogen-bond donors (Lipinski definition) is 4. The van der Waals surface area contributed by atoms with Crippen LogP contribution in [0, 0.1) is 0 Å². The summed E-state index contributed by atoms with van der Waals surface area (Å²) in [7, 11) is 1.74. The van der Waals surface area contributed by atoms with E-state index in [1.807, 2.05) is 0 Å². The van der Waals surface area contributed by atoms with Crippen LogP contribution in [0.2, 0.25) is 0 Å². The Morgan fingerprint density at radius 1 is 1.78 bits per heavy atom. The van der Waals surface area contributed by atoms with Crippen molar-refractivity contribution in [3.05, 3.63) is 11.9 Å². The van der Waals surface area contributed by atoms with Crippen LogP contribution in [0.4, 0.5) is 0 Å². The molecule has 4 heteroatoms. The van der Waals surface area contributed by atoms with Gasteiger partial charge in [-0.1, -0.05) is 0 Å².